The number of alkyl halides is 3. The minimum Gasteiger partial charge on any atom is -0.386 e. The van der Waals surface area contributed by atoms with Crippen LogP contribution < -0.4 is 4.72 Å². The number of aliphatic hydroxyl groups is 1. The molecule has 0 amide bonds. The Hall–Kier alpha value is -1.16. The quantitative estimate of drug-likeness (QED) is 0.742. The number of hydrogen-bond donors (Lipinski definition) is 2. The highest BCUT2D eigenvalue weighted by atomic mass is 32.2. The molecule has 2 N–H and O–H groups in total. The van der Waals surface area contributed by atoms with E-state index in [2.05, 4.69) is 4.90 Å². The summed E-state index contributed by atoms with van der Waals surface area (Å²) in [5, 5.41) is 10.1. The average molecular weight is 380 g/mol. The first-order valence-electron chi connectivity index (χ1n) is 8.03. The van der Waals surface area contributed by atoms with Gasteiger partial charge in [0, 0.05) is 19.6 Å². The number of benzene rings is 1. The first-order chi connectivity index (χ1) is 11.4. The molecule has 1 aliphatic heterocycles. The van der Waals surface area contributed by atoms with Crippen molar-refractivity contribution in [2.45, 2.75) is 44.3 Å². The summed E-state index contributed by atoms with van der Waals surface area (Å²) in [5.74, 6) is 0. The zero-order valence-corrected chi connectivity index (χ0v) is 15.0. The van der Waals surface area contributed by atoms with Gasteiger partial charge in [0.05, 0.1) is 5.60 Å². The van der Waals surface area contributed by atoms with Crippen LogP contribution >= 0.6 is 0 Å². The molecule has 1 aliphatic rings. The lowest BCUT2D eigenvalue weighted by Crippen LogP contribution is -2.38. The molecule has 0 radical (unpaired) electrons. The SMILES string of the molecule is CC(C)(O)c1ccc2c(c1)CCN(CCCNS(=O)(=O)C(F)(F)F)C2. The van der Waals surface area contributed by atoms with Crippen LogP contribution in [0.4, 0.5) is 13.2 Å². The van der Waals surface area contributed by atoms with Gasteiger partial charge in [0.2, 0.25) is 0 Å². The molecule has 1 aromatic rings. The number of nitrogens with zero attached hydrogens (tertiary/aromatic N) is 1. The smallest absolute Gasteiger partial charge is 0.386 e. The van der Waals surface area contributed by atoms with Crippen LogP contribution in [-0.4, -0.2) is 43.6 Å². The molecule has 2 rings (SSSR count). The minimum absolute atomic E-state index is 0.247. The molecule has 0 fully saturated rings. The highest BCUT2D eigenvalue weighted by Gasteiger charge is 2.45. The van der Waals surface area contributed by atoms with Crippen LogP contribution in [0, 0.1) is 0 Å². The number of sulfonamides is 1. The molecular formula is C16H23F3N2O3S. The maximum Gasteiger partial charge on any atom is 0.511 e. The molecule has 0 atom stereocenters. The lowest BCUT2D eigenvalue weighted by atomic mass is 9.91. The van der Waals surface area contributed by atoms with Gasteiger partial charge in [-0.25, -0.2) is 13.1 Å². The van der Waals surface area contributed by atoms with Gasteiger partial charge >= 0.3 is 15.5 Å². The van der Waals surface area contributed by atoms with Crippen molar-refractivity contribution in [3.05, 3.63) is 34.9 Å². The third kappa shape index (κ3) is 5.16. The summed E-state index contributed by atoms with van der Waals surface area (Å²) in [5.41, 5.74) is -3.04. The molecule has 9 heteroatoms. The van der Waals surface area contributed by atoms with Gasteiger partial charge in [-0.3, -0.25) is 4.90 Å². The summed E-state index contributed by atoms with van der Waals surface area (Å²) in [6.45, 7) is 5.12. The van der Waals surface area contributed by atoms with Gasteiger partial charge in [-0.15, -0.1) is 0 Å². The Morgan fingerprint density at radius 2 is 1.92 bits per heavy atom. The summed E-state index contributed by atoms with van der Waals surface area (Å²) in [4.78, 5) is 2.08. The Morgan fingerprint density at radius 3 is 2.52 bits per heavy atom. The zero-order valence-electron chi connectivity index (χ0n) is 14.2. The Kier molecular flexibility index (Phi) is 5.82. The van der Waals surface area contributed by atoms with Crippen molar-refractivity contribution in [2.24, 2.45) is 0 Å². The Bertz CT molecular complexity index is 712. The van der Waals surface area contributed by atoms with Crippen LogP contribution in [0.15, 0.2) is 18.2 Å². The molecule has 0 aromatic heterocycles. The van der Waals surface area contributed by atoms with Crippen molar-refractivity contribution >= 4 is 10.0 Å². The fraction of sp³-hybridized carbons (Fsp3) is 0.625. The largest absolute Gasteiger partial charge is 0.511 e. The van der Waals surface area contributed by atoms with E-state index in [-0.39, 0.29) is 6.54 Å². The van der Waals surface area contributed by atoms with Crippen LogP contribution in [-0.2, 0) is 28.6 Å². The maximum atomic E-state index is 12.2. The van der Waals surface area contributed by atoms with Gasteiger partial charge in [0.25, 0.3) is 0 Å². The second-order valence-electron chi connectivity index (χ2n) is 6.77. The molecular weight excluding hydrogens is 357 g/mol. The average Bonchev–Trinajstić information content (AvgIpc) is 2.49. The van der Waals surface area contributed by atoms with E-state index >= 15 is 0 Å². The van der Waals surface area contributed by atoms with Crippen molar-refractivity contribution in [3.63, 3.8) is 0 Å². The van der Waals surface area contributed by atoms with E-state index in [1.807, 2.05) is 18.2 Å². The molecule has 0 aliphatic carbocycles. The molecule has 1 aromatic carbocycles. The lowest BCUT2D eigenvalue weighted by Gasteiger charge is -2.30. The first kappa shape index (κ1) is 20.2. The topological polar surface area (TPSA) is 69.6 Å². The molecule has 5 nitrogen and oxygen atoms in total. The van der Waals surface area contributed by atoms with Crippen LogP contribution in [0.25, 0.3) is 0 Å². The Morgan fingerprint density at radius 1 is 1.24 bits per heavy atom. The minimum atomic E-state index is -5.27. The number of rotatable bonds is 6. The van der Waals surface area contributed by atoms with Gasteiger partial charge < -0.3 is 5.11 Å². The predicted octanol–water partition coefficient (Wildman–Crippen LogP) is 2.10. The summed E-state index contributed by atoms with van der Waals surface area (Å²) >= 11 is 0. The third-order valence-corrected chi connectivity index (χ3v) is 5.45. The molecule has 0 saturated carbocycles. The molecule has 142 valence electrons. The Balaban J connectivity index is 1.86. The Labute approximate surface area is 145 Å². The molecule has 25 heavy (non-hydrogen) atoms. The summed E-state index contributed by atoms with van der Waals surface area (Å²) in [7, 11) is -5.26. The van der Waals surface area contributed by atoms with Crippen molar-refractivity contribution < 1.29 is 26.7 Å². The van der Waals surface area contributed by atoms with E-state index in [0.717, 1.165) is 29.7 Å². The van der Waals surface area contributed by atoms with Crippen molar-refractivity contribution in [1.82, 2.24) is 9.62 Å². The molecule has 0 saturated heterocycles. The summed E-state index contributed by atoms with van der Waals surface area (Å²) in [6, 6.07) is 5.82. The standard InChI is InChI=1S/C16H23F3N2O3S/c1-15(2,22)14-5-4-13-11-21(9-6-12(13)10-14)8-3-7-20-25(23,24)16(17,18)19/h4-5,10,20,22H,3,6-9,11H2,1-2H3. The van der Waals surface area contributed by atoms with Crippen LogP contribution in [0.1, 0.15) is 37.0 Å². The van der Waals surface area contributed by atoms with Gasteiger partial charge in [-0.2, -0.15) is 13.2 Å². The second-order valence-corrected chi connectivity index (χ2v) is 8.52. The highest BCUT2D eigenvalue weighted by Crippen LogP contribution is 2.26. The van der Waals surface area contributed by atoms with Crippen LogP contribution in [0.5, 0.6) is 0 Å². The van der Waals surface area contributed by atoms with Crippen molar-refractivity contribution in [2.75, 3.05) is 19.6 Å². The van der Waals surface area contributed by atoms with Crippen molar-refractivity contribution in [1.29, 1.82) is 0 Å². The normalized spacial score (nSPS) is 16.7. The predicted molar refractivity (Wildman–Crippen MR) is 88.3 cm³/mol. The second kappa shape index (κ2) is 7.22. The lowest BCUT2D eigenvalue weighted by molar-refractivity contribution is -0.0447. The van der Waals surface area contributed by atoms with E-state index < -0.39 is 21.1 Å². The highest BCUT2D eigenvalue weighted by molar-refractivity contribution is 7.90. The number of fused-ring (bicyclic) bond motifs is 1. The fourth-order valence-corrected chi connectivity index (χ4v) is 3.35. The molecule has 0 unspecified atom stereocenters. The fourth-order valence-electron chi connectivity index (χ4n) is 2.77. The first-order valence-corrected chi connectivity index (χ1v) is 9.51. The number of halogens is 3. The summed E-state index contributed by atoms with van der Waals surface area (Å²) < 4.78 is 60.0. The van der Waals surface area contributed by atoms with Gasteiger partial charge in [0.15, 0.2) is 0 Å². The van der Waals surface area contributed by atoms with Crippen LogP contribution in [0.3, 0.4) is 0 Å². The molecule has 0 bridgehead atoms. The zero-order chi connectivity index (χ0) is 18.9. The van der Waals surface area contributed by atoms with E-state index in [1.54, 1.807) is 18.6 Å². The van der Waals surface area contributed by atoms with Crippen molar-refractivity contribution in [3.8, 4) is 0 Å². The van der Waals surface area contributed by atoms with Gasteiger partial charge in [0.1, 0.15) is 0 Å². The van der Waals surface area contributed by atoms with Gasteiger partial charge in [-0.05, 0) is 49.9 Å². The van der Waals surface area contributed by atoms with Crippen LogP contribution in [0.2, 0.25) is 0 Å². The molecule has 1 heterocycles. The van der Waals surface area contributed by atoms with E-state index in [0.29, 0.717) is 19.5 Å². The summed E-state index contributed by atoms with van der Waals surface area (Å²) in [6.07, 6.45) is 1.08. The maximum absolute atomic E-state index is 12.2. The monoisotopic (exact) mass is 380 g/mol. The number of nitrogens with one attached hydrogen (secondary N) is 1. The van der Waals surface area contributed by atoms with E-state index in [9.17, 15) is 26.7 Å². The third-order valence-electron chi connectivity index (χ3n) is 4.25. The van der Waals surface area contributed by atoms with Gasteiger partial charge in [-0.1, -0.05) is 18.2 Å². The van der Waals surface area contributed by atoms with E-state index in [4.69, 9.17) is 0 Å². The van der Waals surface area contributed by atoms with E-state index in [1.165, 1.54) is 0 Å². The number of hydrogen-bond acceptors (Lipinski definition) is 4. The molecule has 0 spiro atoms.